The van der Waals surface area contributed by atoms with Gasteiger partial charge < -0.3 is 10.1 Å². The zero-order chi connectivity index (χ0) is 17.0. The Morgan fingerprint density at radius 1 is 1.26 bits per heavy atom. The zero-order valence-corrected chi connectivity index (χ0v) is 13.5. The molecule has 1 N–H and O–H groups in total. The summed E-state index contributed by atoms with van der Waals surface area (Å²) in [6.07, 6.45) is 0. The minimum absolute atomic E-state index is 0.0843. The highest BCUT2D eigenvalue weighted by Crippen LogP contribution is 2.22. The Kier molecular flexibility index (Phi) is 5.55. The predicted octanol–water partition coefficient (Wildman–Crippen LogP) is 4.18. The summed E-state index contributed by atoms with van der Waals surface area (Å²) in [6.45, 7) is 3.15. The van der Waals surface area contributed by atoms with E-state index in [9.17, 15) is 13.6 Å². The van der Waals surface area contributed by atoms with Gasteiger partial charge in [0.05, 0.1) is 6.04 Å². The van der Waals surface area contributed by atoms with E-state index in [-0.39, 0.29) is 12.2 Å². The average molecular weight is 340 g/mol. The number of benzene rings is 2. The van der Waals surface area contributed by atoms with Crippen molar-refractivity contribution in [2.45, 2.75) is 19.9 Å². The van der Waals surface area contributed by atoms with E-state index in [1.165, 1.54) is 0 Å². The first-order chi connectivity index (χ1) is 10.9. The quantitative estimate of drug-likeness (QED) is 0.887. The van der Waals surface area contributed by atoms with E-state index in [0.717, 1.165) is 23.8 Å². The van der Waals surface area contributed by atoms with Crippen molar-refractivity contribution in [2.75, 3.05) is 6.61 Å². The molecular weight excluding hydrogens is 324 g/mol. The zero-order valence-electron chi connectivity index (χ0n) is 12.7. The van der Waals surface area contributed by atoms with E-state index in [0.29, 0.717) is 10.8 Å². The number of carbonyl (C=O) groups excluding carboxylic acids is 1. The fourth-order valence-electron chi connectivity index (χ4n) is 2.13. The first-order valence-electron chi connectivity index (χ1n) is 7.00. The van der Waals surface area contributed by atoms with Gasteiger partial charge in [0.1, 0.15) is 17.4 Å². The molecular formula is C17H16ClF2NO2. The average Bonchev–Trinajstić information content (AvgIpc) is 2.48. The van der Waals surface area contributed by atoms with Gasteiger partial charge in [0.25, 0.3) is 5.91 Å². The molecule has 1 amide bonds. The molecule has 0 heterocycles. The number of hydrogen-bond donors (Lipinski definition) is 1. The predicted molar refractivity (Wildman–Crippen MR) is 84.6 cm³/mol. The van der Waals surface area contributed by atoms with Gasteiger partial charge in [-0.15, -0.1) is 0 Å². The molecule has 122 valence electrons. The summed E-state index contributed by atoms with van der Waals surface area (Å²) < 4.78 is 32.2. The number of halogens is 3. The highest BCUT2D eigenvalue weighted by atomic mass is 35.5. The van der Waals surface area contributed by atoms with Crippen LogP contribution in [-0.2, 0) is 4.79 Å². The van der Waals surface area contributed by atoms with Gasteiger partial charge in [-0.1, -0.05) is 11.6 Å². The summed E-state index contributed by atoms with van der Waals surface area (Å²) >= 11 is 5.84. The number of nitrogens with one attached hydrogen (secondary N) is 1. The maximum atomic E-state index is 13.7. The summed E-state index contributed by atoms with van der Waals surface area (Å²) in [7, 11) is 0. The van der Waals surface area contributed by atoms with Crippen molar-refractivity contribution in [3.8, 4) is 5.75 Å². The molecule has 0 aliphatic heterocycles. The molecule has 23 heavy (non-hydrogen) atoms. The van der Waals surface area contributed by atoms with Crippen LogP contribution in [0.15, 0.2) is 36.4 Å². The molecule has 2 aromatic rings. The van der Waals surface area contributed by atoms with Crippen LogP contribution in [0.25, 0.3) is 0 Å². The molecule has 0 aliphatic carbocycles. The topological polar surface area (TPSA) is 38.3 Å². The second-order valence-electron chi connectivity index (χ2n) is 5.15. The number of aryl methyl sites for hydroxylation is 1. The summed E-state index contributed by atoms with van der Waals surface area (Å²) in [6, 6.07) is 7.49. The van der Waals surface area contributed by atoms with Crippen molar-refractivity contribution in [2.24, 2.45) is 0 Å². The molecule has 2 rings (SSSR count). The molecule has 0 spiro atoms. The molecule has 0 radical (unpaired) electrons. The lowest BCUT2D eigenvalue weighted by molar-refractivity contribution is -0.123. The molecule has 6 heteroatoms. The van der Waals surface area contributed by atoms with Crippen molar-refractivity contribution >= 4 is 17.5 Å². The van der Waals surface area contributed by atoms with Crippen molar-refractivity contribution < 1.29 is 18.3 Å². The third-order valence-corrected chi connectivity index (χ3v) is 3.53. The van der Waals surface area contributed by atoms with Crippen molar-refractivity contribution in [1.29, 1.82) is 0 Å². The monoisotopic (exact) mass is 339 g/mol. The minimum Gasteiger partial charge on any atom is -0.484 e. The fourth-order valence-corrected chi connectivity index (χ4v) is 2.35. The summed E-state index contributed by atoms with van der Waals surface area (Å²) in [5.74, 6) is -1.03. The number of hydrogen-bond acceptors (Lipinski definition) is 2. The second-order valence-corrected chi connectivity index (χ2v) is 5.59. The van der Waals surface area contributed by atoms with Crippen molar-refractivity contribution in [1.82, 2.24) is 5.32 Å². The Morgan fingerprint density at radius 3 is 2.70 bits per heavy atom. The highest BCUT2D eigenvalue weighted by molar-refractivity contribution is 6.30. The Balaban J connectivity index is 1.95. The Bertz CT molecular complexity index is 722. The van der Waals surface area contributed by atoms with Gasteiger partial charge in [0.15, 0.2) is 6.61 Å². The Morgan fingerprint density at radius 2 is 2.00 bits per heavy atom. The normalized spacial score (nSPS) is 11.9. The maximum Gasteiger partial charge on any atom is 0.258 e. The van der Waals surface area contributed by atoms with E-state index in [4.69, 9.17) is 16.3 Å². The lowest BCUT2D eigenvalue weighted by Crippen LogP contribution is -2.31. The molecule has 0 fully saturated rings. The number of amides is 1. The van der Waals surface area contributed by atoms with Gasteiger partial charge in [-0.05, 0) is 55.8 Å². The van der Waals surface area contributed by atoms with Crippen LogP contribution in [0.1, 0.15) is 24.1 Å². The van der Waals surface area contributed by atoms with Crippen LogP contribution in [0.3, 0.4) is 0 Å². The van der Waals surface area contributed by atoms with Gasteiger partial charge in [-0.25, -0.2) is 8.78 Å². The van der Waals surface area contributed by atoms with Crippen LogP contribution in [0.4, 0.5) is 8.78 Å². The second kappa shape index (κ2) is 7.42. The van der Waals surface area contributed by atoms with Gasteiger partial charge in [0.2, 0.25) is 0 Å². The van der Waals surface area contributed by atoms with Crippen LogP contribution in [0.2, 0.25) is 5.02 Å². The first kappa shape index (κ1) is 17.2. The smallest absolute Gasteiger partial charge is 0.258 e. The molecule has 0 saturated carbocycles. The molecule has 0 bridgehead atoms. The van der Waals surface area contributed by atoms with Gasteiger partial charge >= 0.3 is 0 Å². The lowest BCUT2D eigenvalue weighted by Gasteiger charge is -2.16. The molecule has 0 saturated heterocycles. The lowest BCUT2D eigenvalue weighted by atomic mass is 10.1. The van der Waals surface area contributed by atoms with Gasteiger partial charge in [0, 0.05) is 10.6 Å². The molecule has 0 aliphatic rings. The van der Waals surface area contributed by atoms with Crippen LogP contribution in [-0.4, -0.2) is 12.5 Å². The fraction of sp³-hybridized carbons (Fsp3) is 0.235. The van der Waals surface area contributed by atoms with Crippen molar-refractivity contribution in [3.63, 3.8) is 0 Å². The molecule has 0 aromatic heterocycles. The standard InChI is InChI=1S/C17H16ClF2NO2/c1-10-7-12(18)3-6-16(10)23-9-17(22)21-11(2)14-8-13(19)4-5-15(14)20/h3-8,11H,9H2,1-2H3,(H,21,22). The summed E-state index contributed by atoms with van der Waals surface area (Å²) in [5, 5.41) is 3.15. The number of carbonyl (C=O) groups is 1. The SMILES string of the molecule is Cc1cc(Cl)ccc1OCC(=O)NC(C)c1cc(F)ccc1F. The molecule has 2 aromatic carbocycles. The molecule has 1 atom stereocenters. The number of rotatable bonds is 5. The van der Waals surface area contributed by atoms with E-state index in [1.54, 1.807) is 25.1 Å². The number of ether oxygens (including phenoxy) is 1. The van der Waals surface area contributed by atoms with E-state index in [1.807, 2.05) is 6.92 Å². The van der Waals surface area contributed by atoms with Crippen LogP contribution in [0, 0.1) is 18.6 Å². The molecule has 3 nitrogen and oxygen atoms in total. The third kappa shape index (κ3) is 4.66. The van der Waals surface area contributed by atoms with Crippen molar-refractivity contribution in [3.05, 3.63) is 64.2 Å². The Hall–Kier alpha value is -2.14. The van der Waals surface area contributed by atoms with Crippen LogP contribution < -0.4 is 10.1 Å². The largest absolute Gasteiger partial charge is 0.484 e. The Labute approximate surface area is 138 Å². The third-order valence-electron chi connectivity index (χ3n) is 3.30. The van der Waals surface area contributed by atoms with Gasteiger partial charge in [-0.3, -0.25) is 4.79 Å². The van der Waals surface area contributed by atoms with Crippen LogP contribution >= 0.6 is 11.6 Å². The summed E-state index contributed by atoms with van der Waals surface area (Å²) in [5.41, 5.74) is 0.885. The van der Waals surface area contributed by atoms with Crippen LogP contribution in [0.5, 0.6) is 5.75 Å². The van der Waals surface area contributed by atoms with E-state index in [2.05, 4.69) is 5.32 Å². The highest BCUT2D eigenvalue weighted by Gasteiger charge is 2.15. The van der Waals surface area contributed by atoms with E-state index < -0.39 is 23.6 Å². The molecule has 1 unspecified atom stereocenters. The van der Waals surface area contributed by atoms with E-state index >= 15 is 0 Å². The summed E-state index contributed by atoms with van der Waals surface area (Å²) in [4.78, 5) is 11.9. The van der Waals surface area contributed by atoms with Gasteiger partial charge in [-0.2, -0.15) is 0 Å². The maximum absolute atomic E-state index is 13.7. The minimum atomic E-state index is -0.673. The first-order valence-corrected chi connectivity index (χ1v) is 7.38.